The van der Waals surface area contributed by atoms with Crippen LogP contribution in [0.4, 0.5) is 0 Å². The Balaban J connectivity index is 4.69. The van der Waals surface area contributed by atoms with Gasteiger partial charge in [-0.05, 0) is 13.3 Å². The molecule has 0 saturated heterocycles. The third-order valence-corrected chi connectivity index (χ3v) is 3.07. The van der Waals surface area contributed by atoms with E-state index < -0.39 is 54.3 Å². The summed E-state index contributed by atoms with van der Waals surface area (Å²) in [6.07, 6.45) is -0.446. The number of hydrogen-bond donors (Lipinski definition) is 7. The Bertz CT molecular complexity index is 525. The molecule has 3 atom stereocenters. The molecule has 0 aliphatic heterocycles. The molecule has 0 saturated carbocycles. The summed E-state index contributed by atoms with van der Waals surface area (Å²) in [6.45, 7) is 0.168. The summed E-state index contributed by atoms with van der Waals surface area (Å²) in [5.74, 6) is -4.44. The zero-order valence-electron chi connectivity index (χ0n) is 13.7. The van der Waals surface area contributed by atoms with Gasteiger partial charge in [-0.15, -0.1) is 0 Å². The molecule has 3 unspecified atom stereocenters. The highest BCUT2D eigenvalue weighted by Crippen LogP contribution is 1.99. The monoisotopic (exact) mass is 361 g/mol. The number of nitrogens with two attached hydrogens (primary N) is 2. The van der Waals surface area contributed by atoms with E-state index in [2.05, 4.69) is 16.0 Å². The van der Waals surface area contributed by atoms with E-state index in [1.54, 1.807) is 0 Å². The fourth-order valence-corrected chi connectivity index (χ4v) is 1.67. The smallest absolute Gasteiger partial charge is 0.326 e. The molecule has 0 spiro atoms. The third kappa shape index (κ3) is 8.62. The lowest BCUT2D eigenvalue weighted by atomic mass is 10.1. The van der Waals surface area contributed by atoms with Crippen LogP contribution in [0, 0.1) is 0 Å². The molecule has 9 N–H and O–H groups in total. The summed E-state index contributed by atoms with van der Waals surface area (Å²) in [7, 11) is 0. The number of aliphatic carboxylic acids is 1. The fraction of sp³-hybridized carbons (Fsp3) is 0.615. The van der Waals surface area contributed by atoms with Crippen LogP contribution in [-0.4, -0.2) is 71.1 Å². The van der Waals surface area contributed by atoms with Crippen molar-refractivity contribution < 1.29 is 34.2 Å². The van der Waals surface area contributed by atoms with Crippen LogP contribution in [0.3, 0.4) is 0 Å². The molecule has 4 amide bonds. The molecule has 0 fully saturated rings. The zero-order valence-corrected chi connectivity index (χ0v) is 13.7. The number of carboxylic acid groups (broad SMARTS) is 1. The van der Waals surface area contributed by atoms with E-state index in [-0.39, 0.29) is 19.4 Å². The standard InChI is InChI=1S/C13H23N5O7/c1-6(16-12(23)8(5-19)17-10(21)4-14)11(22)18-7(13(24)25)2-3-9(15)20/h6-8,19H,2-5,14H2,1H3,(H2,15,20)(H,16,23)(H,17,21)(H,18,22)(H,24,25). The second-order valence-electron chi connectivity index (χ2n) is 5.14. The van der Waals surface area contributed by atoms with Crippen molar-refractivity contribution in [2.45, 2.75) is 37.9 Å². The van der Waals surface area contributed by atoms with Crippen molar-refractivity contribution in [1.29, 1.82) is 0 Å². The summed E-state index contributed by atoms with van der Waals surface area (Å²) in [6, 6.07) is -3.83. The minimum atomic E-state index is -1.36. The molecule has 0 radical (unpaired) electrons. The quantitative estimate of drug-likeness (QED) is 0.191. The highest BCUT2D eigenvalue weighted by atomic mass is 16.4. The van der Waals surface area contributed by atoms with Crippen LogP contribution in [0.15, 0.2) is 0 Å². The first-order valence-corrected chi connectivity index (χ1v) is 7.34. The van der Waals surface area contributed by atoms with Gasteiger partial charge in [0, 0.05) is 6.42 Å². The van der Waals surface area contributed by atoms with Crippen LogP contribution in [0.2, 0.25) is 0 Å². The van der Waals surface area contributed by atoms with Gasteiger partial charge in [-0.1, -0.05) is 0 Å². The number of hydrogen-bond acceptors (Lipinski definition) is 7. The average molecular weight is 361 g/mol. The van der Waals surface area contributed by atoms with E-state index >= 15 is 0 Å². The molecule has 0 heterocycles. The van der Waals surface area contributed by atoms with Gasteiger partial charge in [0.05, 0.1) is 13.2 Å². The normalized spacial score (nSPS) is 13.9. The Morgan fingerprint density at radius 3 is 2.04 bits per heavy atom. The van der Waals surface area contributed by atoms with Gasteiger partial charge in [-0.2, -0.15) is 0 Å². The summed E-state index contributed by atoms with van der Waals surface area (Å²) in [5, 5.41) is 24.6. The third-order valence-electron chi connectivity index (χ3n) is 3.07. The lowest BCUT2D eigenvalue weighted by Crippen LogP contribution is -2.56. The van der Waals surface area contributed by atoms with Crippen molar-refractivity contribution in [3.05, 3.63) is 0 Å². The van der Waals surface area contributed by atoms with Crippen molar-refractivity contribution in [3.8, 4) is 0 Å². The first kappa shape index (κ1) is 22.3. The van der Waals surface area contributed by atoms with Gasteiger partial charge >= 0.3 is 5.97 Å². The van der Waals surface area contributed by atoms with E-state index in [1.807, 2.05) is 0 Å². The van der Waals surface area contributed by atoms with Crippen molar-refractivity contribution in [1.82, 2.24) is 16.0 Å². The molecule has 0 aromatic rings. The Kier molecular flexibility index (Phi) is 9.74. The number of carbonyl (C=O) groups excluding carboxylic acids is 4. The number of nitrogens with one attached hydrogen (secondary N) is 3. The van der Waals surface area contributed by atoms with Gasteiger partial charge in [0.25, 0.3) is 0 Å². The van der Waals surface area contributed by atoms with Gasteiger partial charge in [-0.3, -0.25) is 19.2 Å². The SMILES string of the molecule is CC(NC(=O)C(CO)NC(=O)CN)C(=O)NC(CCC(N)=O)C(=O)O. The van der Waals surface area contributed by atoms with Crippen LogP contribution in [0.1, 0.15) is 19.8 Å². The molecule has 25 heavy (non-hydrogen) atoms. The van der Waals surface area contributed by atoms with Gasteiger partial charge in [0.2, 0.25) is 23.6 Å². The minimum absolute atomic E-state index is 0.205. The van der Waals surface area contributed by atoms with Crippen LogP contribution >= 0.6 is 0 Å². The molecule has 12 nitrogen and oxygen atoms in total. The first-order chi connectivity index (χ1) is 11.6. The summed E-state index contributed by atoms with van der Waals surface area (Å²) >= 11 is 0. The van der Waals surface area contributed by atoms with Crippen LogP contribution < -0.4 is 27.4 Å². The molecule has 0 bridgehead atoms. The Labute approximate surface area is 143 Å². The molecule has 0 aromatic heterocycles. The number of rotatable bonds is 11. The predicted molar refractivity (Wildman–Crippen MR) is 83.7 cm³/mol. The van der Waals surface area contributed by atoms with E-state index in [0.29, 0.717) is 0 Å². The molecule has 0 aliphatic carbocycles. The maximum Gasteiger partial charge on any atom is 0.326 e. The number of carboxylic acids is 1. The lowest BCUT2D eigenvalue weighted by molar-refractivity contribution is -0.142. The number of primary amides is 1. The minimum Gasteiger partial charge on any atom is -0.480 e. The van der Waals surface area contributed by atoms with Gasteiger partial charge in [-0.25, -0.2) is 4.79 Å². The predicted octanol–water partition coefficient (Wildman–Crippen LogP) is -4.24. The largest absolute Gasteiger partial charge is 0.480 e. The summed E-state index contributed by atoms with van der Waals surface area (Å²) < 4.78 is 0. The zero-order chi connectivity index (χ0) is 19.6. The van der Waals surface area contributed by atoms with E-state index in [4.69, 9.17) is 21.7 Å². The van der Waals surface area contributed by atoms with E-state index in [1.165, 1.54) is 6.92 Å². The first-order valence-electron chi connectivity index (χ1n) is 7.34. The van der Waals surface area contributed by atoms with Crippen LogP contribution in [0.25, 0.3) is 0 Å². The summed E-state index contributed by atoms with van der Waals surface area (Å²) in [5.41, 5.74) is 10.0. The van der Waals surface area contributed by atoms with Crippen molar-refractivity contribution >= 4 is 29.6 Å². The Morgan fingerprint density at radius 2 is 1.60 bits per heavy atom. The fourth-order valence-electron chi connectivity index (χ4n) is 1.67. The van der Waals surface area contributed by atoms with Crippen molar-refractivity contribution in [3.63, 3.8) is 0 Å². The number of carbonyl (C=O) groups is 5. The second kappa shape index (κ2) is 10.9. The van der Waals surface area contributed by atoms with Gasteiger partial charge < -0.3 is 37.6 Å². The summed E-state index contributed by atoms with van der Waals surface area (Å²) in [4.78, 5) is 56.7. The number of aliphatic hydroxyl groups excluding tert-OH is 1. The number of amides is 4. The molecular formula is C13H23N5O7. The second-order valence-corrected chi connectivity index (χ2v) is 5.14. The number of aliphatic hydroxyl groups is 1. The average Bonchev–Trinajstić information content (AvgIpc) is 2.54. The molecule has 142 valence electrons. The highest BCUT2D eigenvalue weighted by molar-refractivity contribution is 5.93. The van der Waals surface area contributed by atoms with Gasteiger partial charge in [0.1, 0.15) is 18.1 Å². The molecule has 0 rings (SSSR count). The van der Waals surface area contributed by atoms with E-state index in [0.717, 1.165) is 0 Å². The Hall–Kier alpha value is -2.73. The molecule has 0 aliphatic rings. The van der Waals surface area contributed by atoms with Gasteiger partial charge in [0.15, 0.2) is 0 Å². The maximum absolute atomic E-state index is 12.0. The molecule has 0 aromatic carbocycles. The Morgan fingerprint density at radius 1 is 1.00 bits per heavy atom. The molecular weight excluding hydrogens is 338 g/mol. The van der Waals surface area contributed by atoms with Crippen LogP contribution in [-0.2, 0) is 24.0 Å². The maximum atomic E-state index is 12.0. The lowest BCUT2D eigenvalue weighted by Gasteiger charge is -2.21. The molecule has 12 heteroatoms. The van der Waals surface area contributed by atoms with E-state index in [9.17, 15) is 24.0 Å². The van der Waals surface area contributed by atoms with Crippen molar-refractivity contribution in [2.75, 3.05) is 13.2 Å². The topological polar surface area (TPSA) is 214 Å². The van der Waals surface area contributed by atoms with Crippen molar-refractivity contribution in [2.24, 2.45) is 11.5 Å². The van der Waals surface area contributed by atoms with Crippen LogP contribution in [0.5, 0.6) is 0 Å². The highest BCUT2D eigenvalue weighted by Gasteiger charge is 2.26.